The smallest absolute Gasteiger partial charge is 0.227 e. The van der Waals surface area contributed by atoms with Crippen molar-refractivity contribution in [3.05, 3.63) is 30.5 Å². The van der Waals surface area contributed by atoms with Gasteiger partial charge in [0.1, 0.15) is 12.2 Å². The van der Waals surface area contributed by atoms with Gasteiger partial charge in [-0.1, -0.05) is 0 Å². The average molecular weight is 342 g/mol. The number of piperazine rings is 1. The molecule has 1 atom stereocenters. The summed E-state index contributed by atoms with van der Waals surface area (Å²) in [5.41, 5.74) is 1.07. The van der Waals surface area contributed by atoms with Crippen LogP contribution in [0.1, 0.15) is 12.2 Å². The van der Waals surface area contributed by atoms with Gasteiger partial charge in [0.05, 0.1) is 31.5 Å². The Balaban J connectivity index is 1.34. The van der Waals surface area contributed by atoms with Crippen LogP contribution in [0.5, 0.6) is 5.88 Å². The number of anilines is 1. The third-order valence-corrected chi connectivity index (χ3v) is 5.04. The standard InChI is InChI=1S/C17H22N6O2/c1-25-16-5-3-14(10-18-16)21-6-8-22(9-7-21)17(24)13-2-4-15-19-12-20-23(15)11-13/h3,5,10,12-13H,2,4,6-9,11H2,1H3. The Morgan fingerprint density at radius 1 is 1.20 bits per heavy atom. The highest BCUT2D eigenvalue weighted by Gasteiger charge is 2.31. The average Bonchev–Trinajstić information content (AvgIpc) is 3.15. The zero-order valence-corrected chi connectivity index (χ0v) is 14.3. The number of ether oxygens (including phenoxy) is 1. The lowest BCUT2D eigenvalue weighted by Crippen LogP contribution is -2.51. The number of hydrogen-bond acceptors (Lipinski definition) is 6. The Hall–Kier alpha value is -2.64. The van der Waals surface area contributed by atoms with Crippen molar-refractivity contribution in [2.24, 2.45) is 5.92 Å². The summed E-state index contributed by atoms with van der Waals surface area (Å²) in [6.45, 7) is 3.77. The van der Waals surface area contributed by atoms with Crippen LogP contribution >= 0.6 is 0 Å². The van der Waals surface area contributed by atoms with Crippen LogP contribution in [0, 0.1) is 5.92 Å². The van der Waals surface area contributed by atoms with Crippen molar-refractivity contribution in [2.75, 3.05) is 38.2 Å². The number of nitrogens with zero attached hydrogens (tertiary/aromatic N) is 6. The number of hydrogen-bond donors (Lipinski definition) is 0. The predicted molar refractivity (Wildman–Crippen MR) is 91.4 cm³/mol. The second-order valence-corrected chi connectivity index (χ2v) is 6.47. The molecule has 0 N–H and O–H groups in total. The summed E-state index contributed by atoms with van der Waals surface area (Å²) in [5.74, 6) is 1.86. The molecule has 4 rings (SSSR count). The molecule has 2 aromatic heterocycles. The van der Waals surface area contributed by atoms with Gasteiger partial charge in [-0.3, -0.25) is 4.79 Å². The van der Waals surface area contributed by atoms with E-state index >= 15 is 0 Å². The molecule has 1 fully saturated rings. The normalized spacial score (nSPS) is 20.3. The third-order valence-electron chi connectivity index (χ3n) is 5.04. The molecule has 132 valence electrons. The highest BCUT2D eigenvalue weighted by Crippen LogP contribution is 2.22. The number of carbonyl (C=O) groups is 1. The number of pyridine rings is 1. The van der Waals surface area contributed by atoms with E-state index in [-0.39, 0.29) is 11.8 Å². The number of aromatic nitrogens is 4. The molecule has 0 radical (unpaired) electrons. The Morgan fingerprint density at radius 3 is 2.76 bits per heavy atom. The van der Waals surface area contributed by atoms with E-state index in [1.165, 1.54) is 0 Å². The van der Waals surface area contributed by atoms with E-state index in [4.69, 9.17) is 4.74 Å². The first-order chi connectivity index (χ1) is 12.2. The Bertz CT molecular complexity index is 736. The van der Waals surface area contributed by atoms with E-state index in [1.54, 1.807) is 13.4 Å². The maximum atomic E-state index is 12.8. The van der Waals surface area contributed by atoms with Crippen LogP contribution in [-0.4, -0.2) is 63.8 Å². The quantitative estimate of drug-likeness (QED) is 0.813. The van der Waals surface area contributed by atoms with E-state index in [9.17, 15) is 4.79 Å². The molecule has 0 aliphatic carbocycles. The summed E-state index contributed by atoms with van der Waals surface area (Å²) in [7, 11) is 1.61. The summed E-state index contributed by atoms with van der Waals surface area (Å²) in [6, 6.07) is 3.88. The maximum Gasteiger partial charge on any atom is 0.227 e. The monoisotopic (exact) mass is 342 g/mol. The van der Waals surface area contributed by atoms with E-state index in [2.05, 4.69) is 20.0 Å². The van der Waals surface area contributed by atoms with Crippen LogP contribution in [0.3, 0.4) is 0 Å². The zero-order chi connectivity index (χ0) is 17.2. The summed E-state index contributed by atoms with van der Waals surface area (Å²) < 4.78 is 6.96. The Kier molecular flexibility index (Phi) is 4.25. The first kappa shape index (κ1) is 15.9. The molecule has 0 bridgehead atoms. The molecule has 1 saturated heterocycles. The van der Waals surface area contributed by atoms with Crippen LogP contribution in [0.2, 0.25) is 0 Å². The van der Waals surface area contributed by atoms with Gasteiger partial charge in [-0.2, -0.15) is 5.10 Å². The lowest BCUT2D eigenvalue weighted by molar-refractivity contribution is -0.137. The van der Waals surface area contributed by atoms with Crippen LogP contribution in [0.25, 0.3) is 0 Å². The van der Waals surface area contributed by atoms with Crippen molar-refractivity contribution in [1.29, 1.82) is 0 Å². The minimum atomic E-state index is 0.0170. The number of amides is 1. The van der Waals surface area contributed by atoms with Crippen molar-refractivity contribution in [3.63, 3.8) is 0 Å². The molecule has 2 aliphatic rings. The molecule has 25 heavy (non-hydrogen) atoms. The molecular weight excluding hydrogens is 320 g/mol. The molecule has 0 aromatic carbocycles. The fourth-order valence-electron chi connectivity index (χ4n) is 3.56. The van der Waals surface area contributed by atoms with Crippen LogP contribution in [0.4, 0.5) is 5.69 Å². The van der Waals surface area contributed by atoms with Crippen LogP contribution in [-0.2, 0) is 17.8 Å². The zero-order valence-electron chi connectivity index (χ0n) is 14.3. The minimum Gasteiger partial charge on any atom is -0.481 e. The first-order valence-corrected chi connectivity index (χ1v) is 8.65. The molecule has 8 nitrogen and oxygen atoms in total. The Labute approximate surface area is 146 Å². The van der Waals surface area contributed by atoms with Crippen LogP contribution in [0.15, 0.2) is 24.7 Å². The van der Waals surface area contributed by atoms with Gasteiger partial charge < -0.3 is 14.5 Å². The SMILES string of the molecule is COc1ccc(N2CCN(C(=O)C3CCc4ncnn4C3)CC2)cn1. The number of methoxy groups -OCH3 is 1. The van der Waals surface area contributed by atoms with Gasteiger partial charge in [0.15, 0.2) is 0 Å². The van der Waals surface area contributed by atoms with Crippen molar-refractivity contribution >= 4 is 11.6 Å². The second-order valence-electron chi connectivity index (χ2n) is 6.47. The predicted octanol–water partition coefficient (Wildman–Crippen LogP) is 0.593. The largest absolute Gasteiger partial charge is 0.481 e. The summed E-state index contributed by atoms with van der Waals surface area (Å²) in [5, 5.41) is 4.21. The van der Waals surface area contributed by atoms with Gasteiger partial charge >= 0.3 is 0 Å². The molecule has 2 aliphatic heterocycles. The number of aryl methyl sites for hydroxylation is 1. The maximum absolute atomic E-state index is 12.8. The van der Waals surface area contributed by atoms with E-state index in [0.717, 1.165) is 50.5 Å². The summed E-state index contributed by atoms with van der Waals surface area (Å²) in [6.07, 6.45) is 5.08. The first-order valence-electron chi connectivity index (χ1n) is 8.65. The number of fused-ring (bicyclic) bond motifs is 1. The van der Waals surface area contributed by atoms with Crippen molar-refractivity contribution in [3.8, 4) is 5.88 Å². The van der Waals surface area contributed by atoms with Crippen molar-refractivity contribution in [1.82, 2.24) is 24.6 Å². The highest BCUT2D eigenvalue weighted by molar-refractivity contribution is 5.79. The fourth-order valence-corrected chi connectivity index (χ4v) is 3.56. The molecule has 8 heteroatoms. The molecule has 0 saturated carbocycles. The highest BCUT2D eigenvalue weighted by atomic mass is 16.5. The van der Waals surface area contributed by atoms with Gasteiger partial charge in [0.2, 0.25) is 11.8 Å². The van der Waals surface area contributed by atoms with Crippen LogP contribution < -0.4 is 9.64 Å². The third kappa shape index (κ3) is 3.16. The van der Waals surface area contributed by atoms with Crippen molar-refractivity contribution in [2.45, 2.75) is 19.4 Å². The van der Waals surface area contributed by atoms with Gasteiger partial charge in [-0.25, -0.2) is 14.6 Å². The molecule has 1 amide bonds. The van der Waals surface area contributed by atoms with E-state index in [1.807, 2.05) is 27.9 Å². The lowest BCUT2D eigenvalue weighted by atomic mass is 9.98. The lowest BCUT2D eigenvalue weighted by Gasteiger charge is -2.38. The minimum absolute atomic E-state index is 0.0170. The molecule has 0 spiro atoms. The summed E-state index contributed by atoms with van der Waals surface area (Å²) in [4.78, 5) is 25.6. The molecule has 4 heterocycles. The number of carbonyl (C=O) groups excluding carboxylic acids is 1. The topological polar surface area (TPSA) is 76.4 Å². The van der Waals surface area contributed by atoms with Gasteiger partial charge in [-0.05, 0) is 12.5 Å². The number of rotatable bonds is 3. The second kappa shape index (κ2) is 6.70. The fraction of sp³-hybridized carbons (Fsp3) is 0.529. The van der Waals surface area contributed by atoms with Gasteiger partial charge in [0, 0.05) is 38.7 Å². The summed E-state index contributed by atoms with van der Waals surface area (Å²) >= 11 is 0. The van der Waals surface area contributed by atoms with Gasteiger partial charge in [0.25, 0.3) is 0 Å². The van der Waals surface area contributed by atoms with E-state index in [0.29, 0.717) is 12.4 Å². The van der Waals surface area contributed by atoms with E-state index < -0.39 is 0 Å². The molecular formula is C17H22N6O2. The molecule has 2 aromatic rings. The van der Waals surface area contributed by atoms with Gasteiger partial charge in [-0.15, -0.1) is 0 Å². The Morgan fingerprint density at radius 2 is 2.04 bits per heavy atom. The van der Waals surface area contributed by atoms with Crippen molar-refractivity contribution < 1.29 is 9.53 Å². The molecule has 1 unspecified atom stereocenters.